The number of carbonyl (C=O) groups is 2. The summed E-state index contributed by atoms with van der Waals surface area (Å²) >= 11 is 0. The van der Waals surface area contributed by atoms with E-state index in [4.69, 9.17) is 4.52 Å². The molecular weight excluding hydrogens is 368 g/mol. The minimum absolute atomic E-state index is 0.0814. The quantitative estimate of drug-likeness (QED) is 0.699. The summed E-state index contributed by atoms with van der Waals surface area (Å²) in [5.41, 5.74) is 2.76. The van der Waals surface area contributed by atoms with Gasteiger partial charge < -0.3 is 14.7 Å². The van der Waals surface area contributed by atoms with Crippen molar-refractivity contribution >= 4 is 11.8 Å². The number of benzene rings is 2. The molecular formula is C22H22N4O3. The zero-order valence-corrected chi connectivity index (χ0v) is 16.2. The minimum atomic E-state index is -0.199. The second kappa shape index (κ2) is 8.26. The molecule has 0 spiro atoms. The molecule has 1 N–H and O–H groups in total. The zero-order valence-electron chi connectivity index (χ0n) is 16.2. The fraction of sp³-hybridized carbons (Fsp3) is 0.273. The van der Waals surface area contributed by atoms with Crippen LogP contribution in [0.3, 0.4) is 0 Å². The third kappa shape index (κ3) is 4.51. The lowest BCUT2D eigenvalue weighted by Gasteiger charge is -2.15. The summed E-state index contributed by atoms with van der Waals surface area (Å²) < 4.78 is 5.27. The first-order valence-electron chi connectivity index (χ1n) is 9.57. The molecule has 1 atom stereocenters. The van der Waals surface area contributed by atoms with E-state index < -0.39 is 0 Å². The Morgan fingerprint density at radius 1 is 1.17 bits per heavy atom. The molecule has 148 valence electrons. The molecule has 1 fully saturated rings. The van der Waals surface area contributed by atoms with Crippen LogP contribution < -0.4 is 5.32 Å². The van der Waals surface area contributed by atoms with E-state index in [-0.39, 0.29) is 24.3 Å². The van der Waals surface area contributed by atoms with Gasteiger partial charge >= 0.3 is 0 Å². The number of amides is 2. The summed E-state index contributed by atoms with van der Waals surface area (Å²) in [4.78, 5) is 30.7. The Labute approximate surface area is 168 Å². The van der Waals surface area contributed by atoms with E-state index in [1.807, 2.05) is 54.3 Å². The summed E-state index contributed by atoms with van der Waals surface area (Å²) in [6.45, 7) is 3.25. The molecule has 0 saturated carbocycles. The van der Waals surface area contributed by atoms with Gasteiger partial charge in [0.15, 0.2) is 5.82 Å². The van der Waals surface area contributed by atoms with Crippen LogP contribution in [-0.4, -0.2) is 33.4 Å². The van der Waals surface area contributed by atoms with Crippen molar-refractivity contribution in [2.75, 3.05) is 6.54 Å². The molecule has 2 amide bonds. The van der Waals surface area contributed by atoms with E-state index in [1.165, 1.54) is 0 Å². The molecule has 2 aromatic carbocycles. The fourth-order valence-corrected chi connectivity index (χ4v) is 3.37. The molecule has 0 unspecified atom stereocenters. The van der Waals surface area contributed by atoms with Crippen LogP contribution in [0.5, 0.6) is 0 Å². The normalized spacial score (nSPS) is 16.2. The monoisotopic (exact) mass is 390 g/mol. The van der Waals surface area contributed by atoms with Crippen molar-refractivity contribution in [2.45, 2.75) is 32.4 Å². The van der Waals surface area contributed by atoms with Gasteiger partial charge in [-0.2, -0.15) is 4.98 Å². The van der Waals surface area contributed by atoms with Crippen LogP contribution in [0.1, 0.15) is 45.5 Å². The van der Waals surface area contributed by atoms with Gasteiger partial charge in [0.1, 0.15) is 0 Å². The van der Waals surface area contributed by atoms with Crippen LogP contribution in [0.2, 0.25) is 0 Å². The van der Waals surface area contributed by atoms with Gasteiger partial charge in [0.05, 0.1) is 6.54 Å². The van der Waals surface area contributed by atoms with Gasteiger partial charge in [0.2, 0.25) is 11.8 Å². The lowest BCUT2D eigenvalue weighted by molar-refractivity contribution is -0.128. The van der Waals surface area contributed by atoms with Crippen LogP contribution in [-0.2, 0) is 17.9 Å². The molecule has 29 heavy (non-hydrogen) atoms. The zero-order chi connectivity index (χ0) is 20.2. The predicted molar refractivity (Wildman–Crippen MR) is 106 cm³/mol. The van der Waals surface area contributed by atoms with Crippen LogP contribution in [0.4, 0.5) is 0 Å². The number of likely N-dealkylation sites (tertiary alicyclic amines) is 1. The van der Waals surface area contributed by atoms with Crippen LogP contribution in [0.15, 0.2) is 59.1 Å². The molecule has 0 aliphatic carbocycles. The Bertz CT molecular complexity index is 998. The Hall–Kier alpha value is -3.48. The van der Waals surface area contributed by atoms with Crippen molar-refractivity contribution in [1.82, 2.24) is 20.4 Å². The van der Waals surface area contributed by atoms with Gasteiger partial charge in [-0.25, -0.2) is 0 Å². The molecule has 3 aromatic rings. The molecule has 7 nitrogen and oxygen atoms in total. The summed E-state index contributed by atoms with van der Waals surface area (Å²) in [5.74, 6) is 0.618. The van der Waals surface area contributed by atoms with E-state index in [0.717, 1.165) is 11.1 Å². The number of rotatable bonds is 6. The van der Waals surface area contributed by atoms with Gasteiger partial charge in [-0.3, -0.25) is 9.59 Å². The van der Waals surface area contributed by atoms with E-state index in [2.05, 4.69) is 15.5 Å². The highest BCUT2D eigenvalue weighted by molar-refractivity contribution is 5.94. The first kappa shape index (κ1) is 18.9. The fourth-order valence-electron chi connectivity index (χ4n) is 3.37. The smallest absolute Gasteiger partial charge is 0.251 e. The van der Waals surface area contributed by atoms with Gasteiger partial charge in [0.25, 0.3) is 5.91 Å². The van der Waals surface area contributed by atoms with E-state index in [9.17, 15) is 9.59 Å². The number of hydrogen-bond donors (Lipinski definition) is 1. The Morgan fingerprint density at radius 2 is 1.93 bits per heavy atom. The molecule has 2 heterocycles. The number of aromatic nitrogens is 2. The van der Waals surface area contributed by atoms with Crippen molar-refractivity contribution < 1.29 is 14.1 Å². The topological polar surface area (TPSA) is 88.3 Å². The van der Waals surface area contributed by atoms with Crippen LogP contribution in [0, 0.1) is 6.92 Å². The lowest BCUT2D eigenvalue weighted by Crippen LogP contribution is -2.24. The molecule has 1 aliphatic heterocycles. The Kier molecular flexibility index (Phi) is 5.37. The van der Waals surface area contributed by atoms with Crippen molar-refractivity contribution in [3.8, 4) is 0 Å². The molecule has 1 aromatic heterocycles. The first-order valence-corrected chi connectivity index (χ1v) is 9.57. The number of nitrogens with one attached hydrogen (secondary N) is 1. The maximum Gasteiger partial charge on any atom is 0.251 e. The average Bonchev–Trinajstić information content (AvgIpc) is 3.34. The second-order valence-electron chi connectivity index (χ2n) is 7.26. The van der Waals surface area contributed by atoms with Gasteiger partial charge in [0, 0.05) is 31.0 Å². The number of nitrogens with zero attached hydrogens (tertiary/aromatic N) is 3. The van der Waals surface area contributed by atoms with E-state index in [0.29, 0.717) is 36.8 Å². The average molecular weight is 390 g/mol. The first-order chi connectivity index (χ1) is 14.1. The SMILES string of the molecule is Cc1ccc(C(=O)NCc2nc([C@@H]3CC(=O)N(Cc4ccccc4)C3)no2)cc1. The number of carbonyl (C=O) groups excluding carboxylic acids is 2. The summed E-state index contributed by atoms with van der Waals surface area (Å²) in [6.07, 6.45) is 0.363. The Balaban J connectivity index is 1.33. The molecule has 7 heteroatoms. The second-order valence-corrected chi connectivity index (χ2v) is 7.26. The molecule has 1 aliphatic rings. The number of aryl methyl sites for hydroxylation is 1. The van der Waals surface area contributed by atoms with E-state index >= 15 is 0 Å². The van der Waals surface area contributed by atoms with E-state index in [1.54, 1.807) is 12.1 Å². The third-order valence-corrected chi connectivity index (χ3v) is 4.99. The highest BCUT2D eigenvalue weighted by Gasteiger charge is 2.33. The van der Waals surface area contributed by atoms with Gasteiger partial charge in [-0.15, -0.1) is 0 Å². The largest absolute Gasteiger partial charge is 0.343 e. The van der Waals surface area contributed by atoms with Crippen molar-refractivity contribution in [2.24, 2.45) is 0 Å². The standard InChI is InChI=1S/C22H22N4O3/c1-15-7-9-17(10-8-15)22(28)23-12-19-24-21(25-29-19)18-11-20(27)26(14-18)13-16-5-3-2-4-6-16/h2-10,18H,11-14H2,1H3,(H,23,28)/t18-/m1/s1. The number of hydrogen-bond acceptors (Lipinski definition) is 5. The third-order valence-electron chi connectivity index (χ3n) is 4.99. The summed E-state index contributed by atoms with van der Waals surface area (Å²) in [6, 6.07) is 17.2. The van der Waals surface area contributed by atoms with Crippen LogP contribution in [0.25, 0.3) is 0 Å². The van der Waals surface area contributed by atoms with Crippen molar-refractivity contribution in [3.63, 3.8) is 0 Å². The maximum absolute atomic E-state index is 12.3. The lowest BCUT2D eigenvalue weighted by atomic mass is 10.1. The summed E-state index contributed by atoms with van der Waals surface area (Å²) in [7, 11) is 0. The van der Waals surface area contributed by atoms with Crippen molar-refractivity contribution in [1.29, 1.82) is 0 Å². The summed E-state index contributed by atoms with van der Waals surface area (Å²) in [5, 5.41) is 6.80. The highest BCUT2D eigenvalue weighted by Crippen LogP contribution is 2.27. The Morgan fingerprint density at radius 3 is 2.69 bits per heavy atom. The molecule has 0 radical (unpaired) electrons. The molecule has 4 rings (SSSR count). The molecule has 0 bridgehead atoms. The van der Waals surface area contributed by atoms with Gasteiger partial charge in [-0.1, -0.05) is 53.2 Å². The minimum Gasteiger partial charge on any atom is -0.343 e. The van der Waals surface area contributed by atoms with Gasteiger partial charge in [-0.05, 0) is 24.6 Å². The van der Waals surface area contributed by atoms with Crippen molar-refractivity contribution in [3.05, 3.63) is 83.0 Å². The highest BCUT2D eigenvalue weighted by atomic mass is 16.5. The van der Waals surface area contributed by atoms with Crippen LogP contribution >= 0.6 is 0 Å². The molecule has 1 saturated heterocycles. The maximum atomic E-state index is 12.3. The predicted octanol–water partition coefficient (Wildman–Crippen LogP) is 2.82.